The van der Waals surface area contributed by atoms with Gasteiger partial charge >= 0.3 is 5.97 Å². The third kappa shape index (κ3) is 4.61. The lowest BCUT2D eigenvalue weighted by Gasteiger charge is -2.37. The molecule has 1 aliphatic rings. The van der Waals surface area contributed by atoms with Crippen LogP contribution in [-0.2, 0) is 14.3 Å². The molecule has 1 saturated heterocycles. The number of aliphatic carboxylic acids is 1. The molecule has 0 bridgehead atoms. The van der Waals surface area contributed by atoms with Crippen LogP contribution in [0.15, 0.2) is 0 Å². The lowest BCUT2D eigenvalue weighted by atomic mass is 10.1. The third-order valence-electron chi connectivity index (χ3n) is 3.06. The van der Waals surface area contributed by atoms with Crippen molar-refractivity contribution in [1.29, 1.82) is 0 Å². The maximum Gasteiger partial charge on any atom is 0.332 e. The summed E-state index contributed by atoms with van der Waals surface area (Å²) in [6, 6.07) is 0.349. The van der Waals surface area contributed by atoms with Crippen molar-refractivity contribution in [3.8, 4) is 0 Å². The second-order valence-electron chi connectivity index (χ2n) is 4.56. The van der Waals surface area contributed by atoms with Crippen LogP contribution in [-0.4, -0.2) is 60.5 Å². The van der Waals surface area contributed by atoms with Gasteiger partial charge in [-0.1, -0.05) is 0 Å². The van der Waals surface area contributed by atoms with Gasteiger partial charge in [0, 0.05) is 25.7 Å². The van der Waals surface area contributed by atoms with Crippen molar-refractivity contribution < 1.29 is 19.4 Å². The third-order valence-corrected chi connectivity index (χ3v) is 3.06. The molecule has 1 N–H and O–H groups in total. The van der Waals surface area contributed by atoms with E-state index in [1.54, 1.807) is 0 Å². The first kappa shape index (κ1) is 14.4. The lowest BCUT2D eigenvalue weighted by molar-refractivity contribution is -0.151. The van der Waals surface area contributed by atoms with Crippen LogP contribution in [0.5, 0.6) is 0 Å². The number of morpholine rings is 1. The van der Waals surface area contributed by atoms with E-state index >= 15 is 0 Å². The van der Waals surface area contributed by atoms with E-state index in [2.05, 4.69) is 11.8 Å². The molecule has 1 heterocycles. The van der Waals surface area contributed by atoms with Crippen molar-refractivity contribution in [2.75, 3.05) is 26.3 Å². The maximum atomic E-state index is 10.9. The molecule has 17 heavy (non-hydrogen) atoms. The van der Waals surface area contributed by atoms with Gasteiger partial charge in [0.25, 0.3) is 0 Å². The average Bonchev–Trinajstić information content (AvgIpc) is 2.28. The standard InChI is InChI=1S/C12H23NO4/c1-4-16-11(12(14)15)5-6-13-7-10(3)17-8-9(13)2/h9-11H,4-8H2,1-3H3,(H,14,15). The molecule has 5 heteroatoms. The zero-order chi connectivity index (χ0) is 12.8. The van der Waals surface area contributed by atoms with E-state index in [4.69, 9.17) is 14.6 Å². The first-order valence-electron chi connectivity index (χ1n) is 6.24. The number of ether oxygens (including phenoxy) is 2. The molecule has 5 nitrogen and oxygen atoms in total. The van der Waals surface area contributed by atoms with E-state index in [1.807, 2.05) is 13.8 Å². The van der Waals surface area contributed by atoms with E-state index in [0.29, 0.717) is 25.7 Å². The Kier molecular flexibility index (Phi) is 5.88. The number of nitrogens with zero attached hydrogens (tertiary/aromatic N) is 1. The Morgan fingerprint density at radius 1 is 1.59 bits per heavy atom. The molecule has 3 atom stereocenters. The molecule has 0 aromatic heterocycles. The van der Waals surface area contributed by atoms with E-state index in [0.717, 1.165) is 13.1 Å². The zero-order valence-corrected chi connectivity index (χ0v) is 10.9. The highest BCUT2D eigenvalue weighted by Gasteiger charge is 2.25. The van der Waals surface area contributed by atoms with E-state index in [-0.39, 0.29) is 6.10 Å². The van der Waals surface area contributed by atoms with Crippen LogP contribution in [0.25, 0.3) is 0 Å². The van der Waals surface area contributed by atoms with Crippen molar-refractivity contribution in [3.63, 3.8) is 0 Å². The smallest absolute Gasteiger partial charge is 0.332 e. The first-order valence-corrected chi connectivity index (χ1v) is 6.24. The molecule has 0 amide bonds. The van der Waals surface area contributed by atoms with Crippen molar-refractivity contribution in [2.45, 2.75) is 45.4 Å². The van der Waals surface area contributed by atoms with Gasteiger partial charge in [0.15, 0.2) is 6.10 Å². The Bertz CT molecular complexity index is 247. The van der Waals surface area contributed by atoms with Crippen molar-refractivity contribution in [1.82, 2.24) is 4.90 Å². The van der Waals surface area contributed by atoms with Gasteiger partial charge in [-0.3, -0.25) is 4.90 Å². The molecule has 0 aliphatic carbocycles. The molecule has 0 spiro atoms. The Hall–Kier alpha value is -0.650. The minimum atomic E-state index is -0.874. The fraction of sp³-hybridized carbons (Fsp3) is 0.917. The molecule has 1 rings (SSSR count). The fourth-order valence-electron chi connectivity index (χ4n) is 2.05. The van der Waals surface area contributed by atoms with Crippen LogP contribution in [0, 0.1) is 0 Å². The highest BCUT2D eigenvalue weighted by atomic mass is 16.5. The van der Waals surface area contributed by atoms with Gasteiger partial charge in [0.05, 0.1) is 12.7 Å². The number of hydrogen-bond donors (Lipinski definition) is 1. The molecule has 3 unspecified atom stereocenters. The minimum Gasteiger partial charge on any atom is -0.479 e. The van der Waals surface area contributed by atoms with Crippen LogP contribution in [0.4, 0.5) is 0 Å². The zero-order valence-electron chi connectivity index (χ0n) is 10.9. The molecule has 0 radical (unpaired) electrons. The molecule has 0 aromatic rings. The SMILES string of the molecule is CCOC(CCN1CC(C)OCC1C)C(=O)O. The lowest BCUT2D eigenvalue weighted by Crippen LogP contribution is -2.48. The topological polar surface area (TPSA) is 59.0 Å². The summed E-state index contributed by atoms with van der Waals surface area (Å²) in [5.74, 6) is -0.874. The second kappa shape index (κ2) is 6.93. The summed E-state index contributed by atoms with van der Waals surface area (Å²) < 4.78 is 10.7. The molecular weight excluding hydrogens is 222 g/mol. The predicted molar refractivity (Wildman–Crippen MR) is 64.1 cm³/mol. The van der Waals surface area contributed by atoms with Gasteiger partial charge in [0.1, 0.15) is 0 Å². The monoisotopic (exact) mass is 245 g/mol. The number of carboxylic acids is 1. The van der Waals surface area contributed by atoms with Gasteiger partial charge in [-0.25, -0.2) is 4.79 Å². The highest BCUT2D eigenvalue weighted by Crippen LogP contribution is 2.13. The normalized spacial score (nSPS) is 27.9. The van der Waals surface area contributed by atoms with Gasteiger partial charge in [-0.2, -0.15) is 0 Å². The fourth-order valence-corrected chi connectivity index (χ4v) is 2.05. The Labute approximate surface area is 103 Å². The summed E-state index contributed by atoms with van der Waals surface area (Å²) in [6.45, 7) is 8.71. The number of carbonyl (C=O) groups is 1. The Morgan fingerprint density at radius 2 is 2.29 bits per heavy atom. The van der Waals surface area contributed by atoms with Crippen molar-refractivity contribution in [2.24, 2.45) is 0 Å². The van der Waals surface area contributed by atoms with Crippen LogP contribution in [0.2, 0.25) is 0 Å². The largest absolute Gasteiger partial charge is 0.479 e. The summed E-state index contributed by atoms with van der Waals surface area (Å²) in [5.41, 5.74) is 0. The van der Waals surface area contributed by atoms with Crippen LogP contribution in [0.3, 0.4) is 0 Å². The average molecular weight is 245 g/mol. The van der Waals surface area contributed by atoms with Gasteiger partial charge in [0.2, 0.25) is 0 Å². The molecular formula is C12H23NO4. The molecule has 0 saturated carbocycles. The summed E-state index contributed by atoms with van der Waals surface area (Å²) >= 11 is 0. The number of rotatable bonds is 6. The number of carboxylic acid groups (broad SMARTS) is 1. The van der Waals surface area contributed by atoms with Crippen LogP contribution >= 0.6 is 0 Å². The van der Waals surface area contributed by atoms with Gasteiger partial charge in [-0.15, -0.1) is 0 Å². The first-order chi connectivity index (χ1) is 8.04. The van der Waals surface area contributed by atoms with Crippen molar-refractivity contribution >= 4 is 5.97 Å². The highest BCUT2D eigenvalue weighted by molar-refractivity contribution is 5.72. The quantitative estimate of drug-likeness (QED) is 0.755. The maximum absolute atomic E-state index is 10.9. The molecule has 1 fully saturated rings. The molecule has 0 aromatic carbocycles. The van der Waals surface area contributed by atoms with Gasteiger partial charge < -0.3 is 14.6 Å². The van der Waals surface area contributed by atoms with Crippen molar-refractivity contribution in [3.05, 3.63) is 0 Å². The summed E-state index contributed by atoms with van der Waals surface area (Å²) in [5, 5.41) is 8.98. The number of hydrogen-bond acceptors (Lipinski definition) is 4. The predicted octanol–water partition coefficient (Wildman–Crippen LogP) is 0.975. The summed E-state index contributed by atoms with van der Waals surface area (Å²) in [6.07, 6.45) is 0.0622. The van der Waals surface area contributed by atoms with Crippen LogP contribution in [0.1, 0.15) is 27.2 Å². The van der Waals surface area contributed by atoms with Gasteiger partial charge in [-0.05, 0) is 27.2 Å². The summed E-state index contributed by atoms with van der Waals surface area (Å²) in [4.78, 5) is 13.2. The van der Waals surface area contributed by atoms with Crippen LogP contribution < -0.4 is 0 Å². The minimum absolute atomic E-state index is 0.224. The summed E-state index contributed by atoms with van der Waals surface area (Å²) in [7, 11) is 0. The Balaban J connectivity index is 2.38. The molecule has 100 valence electrons. The molecule has 1 aliphatic heterocycles. The van der Waals surface area contributed by atoms with E-state index in [9.17, 15) is 4.79 Å². The van der Waals surface area contributed by atoms with E-state index < -0.39 is 12.1 Å². The van der Waals surface area contributed by atoms with E-state index in [1.165, 1.54) is 0 Å². The Morgan fingerprint density at radius 3 is 2.88 bits per heavy atom. The second-order valence-corrected chi connectivity index (χ2v) is 4.56.